The van der Waals surface area contributed by atoms with Gasteiger partial charge in [-0.25, -0.2) is 4.79 Å². The number of ether oxygens (including phenoxy) is 4. The first-order valence-corrected chi connectivity index (χ1v) is 14.9. The third kappa shape index (κ3) is 39.9. The third-order valence-electron chi connectivity index (χ3n) is 5.79. The van der Waals surface area contributed by atoms with Crippen molar-refractivity contribution in [2.24, 2.45) is 17.4 Å². The molecule has 0 aliphatic rings. The van der Waals surface area contributed by atoms with Crippen molar-refractivity contribution in [1.29, 1.82) is 0 Å². The van der Waals surface area contributed by atoms with Crippen molar-refractivity contribution in [3.63, 3.8) is 0 Å². The van der Waals surface area contributed by atoms with Gasteiger partial charge in [0.1, 0.15) is 6.04 Å². The van der Waals surface area contributed by atoms with Crippen molar-refractivity contribution in [1.82, 2.24) is 16.0 Å². The quantitative estimate of drug-likeness (QED) is 0.0546. The number of amides is 5. The van der Waals surface area contributed by atoms with Gasteiger partial charge in [0.25, 0.3) is 0 Å². The van der Waals surface area contributed by atoms with E-state index in [9.17, 15) is 19.2 Å². The van der Waals surface area contributed by atoms with E-state index in [2.05, 4.69) is 29.8 Å². The second kappa shape index (κ2) is 40.0. The van der Waals surface area contributed by atoms with E-state index in [1.807, 2.05) is 44.2 Å². The van der Waals surface area contributed by atoms with Gasteiger partial charge in [0.05, 0.1) is 52.9 Å². The molecule has 5 amide bonds. The SMILES string of the molecule is CCOCCOCCOCCOCCC(=O)NC(C)C(C)C.NC(=O)NCCCC(NC=O)C(N)=O.OCc1ccccc1.[CH3-].[CH3-].[Y]. The van der Waals surface area contributed by atoms with Crippen LogP contribution in [0.15, 0.2) is 30.3 Å². The van der Waals surface area contributed by atoms with Crippen LogP contribution in [-0.2, 0) is 72.6 Å². The average Bonchev–Trinajstić information content (AvgIpc) is 3.00. The molecule has 0 aliphatic heterocycles. The summed E-state index contributed by atoms with van der Waals surface area (Å²) < 4.78 is 21.2. The summed E-state index contributed by atoms with van der Waals surface area (Å²) in [6.45, 7) is 13.1. The molecule has 1 rings (SSSR count). The standard InChI is InChI=1S/C16H33NO5.C7H14N4O3.C7H8O.2CH3.Y/c1-5-19-8-9-21-12-13-22-11-10-20-7-6-16(18)17-15(4)14(2)3;8-6(13)5(11-4-12)2-1-3-10-7(9)14;8-6-7-4-2-1-3-5-7;;;/h14-15H,5-13H2,1-4H3,(H,17,18);4-5H,1-3H2,(H2,8,13)(H,11,12)(H3,9,10,14);1-5,8H,6H2;2*1H3;/q;;;2*-1;. The Kier molecular flexibility index (Phi) is 46.2. The van der Waals surface area contributed by atoms with Crippen molar-refractivity contribution < 1.29 is 75.9 Å². The number of rotatable bonds is 23. The molecular weight excluding hydrogens is 687 g/mol. The number of primary amides is 2. The van der Waals surface area contributed by atoms with Crippen molar-refractivity contribution in [2.75, 3.05) is 59.4 Å². The minimum absolute atomic E-state index is 0. The molecule has 1 aromatic rings. The zero-order valence-corrected chi connectivity index (χ0v) is 32.2. The molecule has 2 atom stereocenters. The number of hydrogen-bond donors (Lipinski definition) is 6. The number of carbonyl (C=O) groups is 4. The largest absolute Gasteiger partial charge is 0.392 e. The summed E-state index contributed by atoms with van der Waals surface area (Å²) in [5.74, 6) is -0.130. The van der Waals surface area contributed by atoms with E-state index in [0.717, 1.165) is 5.56 Å². The first kappa shape index (κ1) is 54.3. The van der Waals surface area contributed by atoms with Crippen molar-refractivity contribution in [3.05, 3.63) is 50.7 Å². The molecule has 0 spiro atoms. The predicted molar refractivity (Wildman–Crippen MR) is 180 cm³/mol. The number of aliphatic hydroxyl groups is 1. The van der Waals surface area contributed by atoms with Crippen LogP contribution in [0, 0.1) is 20.8 Å². The number of nitrogens with two attached hydrogens (primary N) is 2. The minimum atomic E-state index is -0.692. The van der Waals surface area contributed by atoms with Crippen LogP contribution in [0.3, 0.4) is 0 Å². The summed E-state index contributed by atoms with van der Waals surface area (Å²) in [7, 11) is 0. The number of urea groups is 1. The molecule has 1 aromatic carbocycles. The van der Waals surface area contributed by atoms with Gasteiger partial charge in [-0.2, -0.15) is 0 Å². The van der Waals surface area contributed by atoms with E-state index in [0.29, 0.717) is 91.0 Å². The Morgan fingerprint density at radius 1 is 0.872 bits per heavy atom. The van der Waals surface area contributed by atoms with Gasteiger partial charge in [-0.3, -0.25) is 14.4 Å². The average molecular weight is 749 g/mol. The first-order valence-electron chi connectivity index (χ1n) is 14.9. The molecule has 0 aromatic heterocycles. The first-order chi connectivity index (χ1) is 21.1. The van der Waals surface area contributed by atoms with E-state index < -0.39 is 18.0 Å². The Hall–Kier alpha value is -2.20. The molecule has 47 heavy (non-hydrogen) atoms. The fraction of sp³-hybridized carbons (Fsp3) is 0.625. The molecule has 0 saturated carbocycles. The van der Waals surface area contributed by atoms with Crippen molar-refractivity contribution in [3.8, 4) is 0 Å². The summed E-state index contributed by atoms with van der Waals surface area (Å²) in [6, 6.07) is 8.40. The summed E-state index contributed by atoms with van der Waals surface area (Å²) in [5.41, 5.74) is 10.8. The van der Waals surface area contributed by atoms with Gasteiger partial charge in [-0.05, 0) is 38.2 Å². The molecule has 0 bridgehead atoms. The number of hydrogen-bond acceptors (Lipinski definition) is 9. The van der Waals surface area contributed by atoms with Gasteiger partial charge >= 0.3 is 6.03 Å². The molecule has 0 aliphatic carbocycles. The van der Waals surface area contributed by atoms with Crippen LogP contribution in [0.25, 0.3) is 0 Å². The Labute approximate surface area is 308 Å². The number of aliphatic hydroxyl groups excluding tert-OH is 1. The molecule has 273 valence electrons. The summed E-state index contributed by atoms with van der Waals surface area (Å²) in [6.07, 6.45) is 1.68. The fourth-order valence-corrected chi connectivity index (χ4v) is 2.95. The molecule has 1 radical (unpaired) electrons. The van der Waals surface area contributed by atoms with E-state index in [1.165, 1.54) is 0 Å². The maximum Gasteiger partial charge on any atom is 0.312 e. The Balaban J connectivity index is -0.000000201. The van der Waals surface area contributed by atoms with E-state index in [-0.39, 0.29) is 66.1 Å². The fourth-order valence-electron chi connectivity index (χ4n) is 2.95. The van der Waals surface area contributed by atoms with Gasteiger partial charge in [0.15, 0.2) is 0 Å². The van der Waals surface area contributed by atoms with E-state index in [1.54, 1.807) is 0 Å². The van der Waals surface area contributed by atoms with Crippen molar-refractivity contribution >= 4 is 24.3 Å². The number of nitrogens with one attached hydrogen (secondary N) is 3. The monoisotopic (exact) mass is 748 g/mol. The van der Waals surface area contributed by atoms with Crippen LogP contribution in [-0.4, -0.2) is 101 Å². The Morgan fingerprint density at radius 3 is 1.79 bits per heavy atom. The predicted octanol–water partition coefficient (Wildman–Crippen LogP) is 1.74. The van der Waals surface area contributed by atoms with Crippen LogP contribution in [0.1, 0.15) is 52.5 Å². The Bertz CT molecular complexity index is 856. The topological polar surface area (TPSA) is 214 Å². The molecule has 15 heteroatoms. The van der Waals surface area contributed by atoms with Gasteiger partial charge in [0, 0.05) is 58.3 Å². The zero-order valence-electron chi connectivity index (χ0n) is 29.3. The van der Waals surface area contributed by atoms with E-state index >= 15 is 0 Å². The van der Waals surface area contributed by atoms with Gasteiger partial charge in [-0.15, -0.1) is 0 Å². The van der Waals surface area contributed by atoms with Crippen LogP contribution in [0.5, 0.6) is 0 Å². The summed E-state index contributed by atoms with van der Waals surface area (Å²) in [4.78, 5) is 42.6. The number of benzene rings is 1. The van der Waals surface area contributed by atoms with Gasteiger partial charge < -0.3 is 66.3 Å². The maximum absolute atomic E-state index is 11.6. The van der Waals surface area contributed by atoms with Crippen LogP contribution in [0.2, 0.25) is 0 Å². The third-order valence-corrected chi connectivity index (χ3v) is 5.79. The zero-order chi connectivity index (χ0) is 33.4. The molecule has 2 unspecified atom stereocenters. The summed E-state index contributed by atoms with van der Waals surface area (Å²) in [5, 5.41) is 16.1. The second-order valence-corrected chi connectivity index (χ2v) is 9.70. The Morgan fingerprint density at radius 2 is 1.38 bits per heavy atom. The van der Waals surface area contributed by atoms with Gasteiger partial charge in [0.2, 0.25) is 18.2 Å². The molecule has 0 saturated heterocycles. The van der Waals surface area contributed by atoms with Crippen LogP contribution < -0.4 is 27.4 Å². The van der Waals surface area contributed by atoms with Crippen molar-refractivity contribution in [2.45, 2.75) is 65.6 Å². The smallest absolute Gasteiger partial charge is 0.312 e. The molecule has 0 heterocycles. The van der Waals surface area contributed by atoms with Gasteiger partial charge in [-0.1, -0.05) is 44.2 Å². The second-order valence-electron chi connectivity index (χ2n) is 9.70. The molecular formula is C32H61N5O9Y-2. The molecule has 0 fully saturated rings. The van der Waals surface area contributed by atoms with E-state index in [4.69, 9.17) is 35.5 Å². The van der Waals surface area contributed by atoms with Crippen LogP contribution >= 0.6 is 0 Å². The maximum atomic E-state index is 11.6. The molecule has 8 N–H and O–H groups in total. The minimum Gasteiger partial charge on any atom is -0.392 e. The van der Waals surface area contributed by atoms with Crippen LogP contribution in [0.4, 0.5) is 4.79 Å². The normalized spacial score (nSPS) is 10.9. The summed E-state index contributed by atoms with van der Waals surface area (Å²) >= 11 is 0. The number of carbonyl (C=O) groups excluding carboxylic acids is 4. The molecule has 14 nitrogen and oxygen atoms in total.